The molecule has 0 radical (unpaired) electrons. The normalized spacial score (nSPS) is 17.1. The molecule has 3 rings (SSSR count). The van der Waals surface area contributed by atoms with E-state index in [0.717, 1.165) is 12.8 Å². The number of hydrogen-bond acceptors (Lipinski definition) is 4. The molecule has 1 aliphatic carbocycles. The van der Waals surface area contributed by atoms with E-state index in [1.165, 1.54) is 12.1 Å². The zero-order chi connectivity index (χ0) is 11.9. The van der Waals surface area contributed by atoms with Gasteiger partial charge in [0, 0.05) is 12.1 Å². The highest BCUT2D eigenvalue weighted by Gasteiger charge is 2.48. The molecule has 0 bridgehead atoms. The molecule has 0 saturated heterocycles. The molecule has 0 spiro atoms. The van der Waals surface area contributed by atoms with E-state index in [-0.39, 0.29) is 11.2 Å². The van der Waals surface area contributed by atoms with Crippen LogP contribution in [0.4, 0.5) is 4.39 Å². The van der Waals surface area contributed by atoms with Gasteiger partial charge in [-0.3, -0.25) is 0 Å². The van der Waals surface area contributed by atoms with Gasteiger partial charge in [0.25, 0.3) is 0 Å². The molecule has 0 unspecified atom stereocenters. The topological polar surface area (TPSA) is 64.9 Å². The molecule has 1 saturated carbocycles. The number of nitrogens with two attached hydrogens (primary N) is 1. The summed E-state index contributed by atoms with van der Waals surface area (Å²) in [5.74, 6) is 0.673. The van der Waals surface area contributed by atoms with Crippen LogP contribution in [-0.4, -0.2) is 16.7 Å². The fourth-order valence-corrected chi connectivity index (χ4v) is 1.84. The molecule has 4 nitrogen and oxygen atoms in total. The van der Waals surface area contributed by atoms with E-state index in [2.05, 4.69) is 10.1 Å². The number of rotatable bonds is 3. The van der Waals surface area contributed by atoms with Crippen molar-refractivity contribution in [3.05, 3.63) is 36.0 Å². The van der Waals surface area contributed by atoms with E-state index in [0.29, 0.717) is 23.8 Å². The number of aromatic nitrogens is 2. The summed E-state index contributed by atoms with van der Waals surface area (Å²) in [6.07, 6.45) is 1.96. The van der Waals surface area contributed by atoms with Crippen molar-refractivity contribution in [2.45, 2.75) is 18.3 Å². The molecule has 5 heteroatoms. The molecule has 1 fully saturated rings. The SMILES string of the molecule is NCC1(c2nc(-c3cccc(F)c3)no2)CC1. The first-order valence-corrected chi connectivity index (χ1v) is 5.54. The van der Waals surface area contributed by atoms with Crippen molar-refractivity contribution in [3.63, 3.8) is 0 Å². The van der Waals surface area contributed by atoms with Gasteiger partial charge in [0.05, 0.1) is 5.41 Å². The Morgan fingerprint density at radius 3 is 2.88 bits per heavy atom. The molecular weight excluding hydrogens is 221 g/mol. The molecular formula is C12H12FN3O. The first-order chi connectivity index (χ1) is 8.23. The standard InChI is InChI=1S/C12H12FN3O/c13-9-3-1-2-8(6-9)10-15-11(17-16-10)12(7-14)4-5-12/h1-3,6H,4-5,7,14H2. The van der Waals surface area contributed by atoms with Crippen molar-refractivity contribution in [3.8, 4) is 11.4 Å². The summed E-state index contributed by atoms with van der Waals surface area (Å²) < 4.78 is 18.3. The largest absolute Gasteiger partial charge is 0.338 e. The fourth-order valence-electron chi connectivity index (χ4n) is 1.84. The summed E-state index contributed by atoms with van der Waals surface area (Å²) in [6.45, 7) is 0.512. The molecule has 1 aromatic heterocycles. The Morgan fingerprint density at radius 2 is 2.24 bits per heavy atom. The van der Waals surface area contributed by atoms with Gasteiger partial charge in [-0.15, -0.1) is 0 Å². The van der Waals surface area contributed by atoms with E-state index in [1.54, 1.807) is 12.1 Å². The lowest BCUT2D eigenvalue weighted by Crippen LogP contribution is -2.19. The van der Waals surface area contributed by atoms with Gasteiger partial charge in [-0.25, -0.2) is 4.39 Å². The van der Waals surface area contributed by atoms with Crippen LogP contribution in [0.25, 0.3) is 11.4 Å². The molecule has 1 aliphatic rings. The number of hydrogen-bond donors (Lipinski definition) is 1. The van der Waals surface area contributed by atoms with E-state index in [1.807, 2.05) is 0 Å². The highest BCUT2D eigenvalue weighted by molar-refractivity contribution is 5.54. The van der Waals surface area contributed by atoms with Crippen molar-refractivity contribution in [2.75, 3.05) is 6.54 Å². The first-order valence-electron chi connectivity index (χ1n) is 5.54. The molecule has 17 heavy (non-hydrogen) atoms. The Morgan fingerprint density at radius 1 is 1.41 bits per heavy atom. The first kappa shape index (κ1) is 10.4. The molecule has 0 amide bonds. The summed E-state index contributed by atoms with van der Waals surface area (Å²) in [7, 11) is 0. The molecule has 1 aromatic carbocycles. The van der Waals surface area contributed by atoms with E-state index >= 15 is 0 Å². The highest BCUT2D eigenvalue weighted by Crippen LogP contribution is 2.46. The minimum absolute atomic E-state index is 0.126. The van der Waals surface area contributed by atoms with Gasteiger partial charge in [0.1, 0.15) is 5.82 Å². The lowest BCUT2D eigenvalue weighted by atomic mass is 10.1. The van der Waals surface area contributed by atoms with Crippen LogP contribution in [0.3, 0.4) is 0 Å². The predicted molar refractivity (Wildman–Crippen MR) is 59.7 cm³/mol. The lowest BCUT2D eigenvalue weighted by Gasteiger charge is -2.03. The molecule has 0 atom stereocenters. The second-order valence-electron chi connectivity index (χ2n) is 4.42. The summed E-state index contributed by atoms with van der Waals surface area (Å²) in [4.78, 5) is 4.30. The monoisotopic (exact) mass is 233 g/mol. The Balaban J connectivity index is 1.95. The maximum atomic E-state index is 13.1. The van der Waals surface area contributed by atoms with Crippen molar-refractivity contribution in [1.29, 1.82) is 0 Å². The second-order valence-corrected chi connectivity index (χ2v) is 4.42. The van der Waals surface area contributed by atoms with Crippen LogP contribution in [0.1, 0.15) is 18.7 Å². The summed E-state index contributed by atoms with van der Waals surface area (Å²) in [5.41, 5.74) is 6.18. The Labute approximate surface area is 97.6 Å². The third kappa shape index (κ3) is 1.72. The van der Waals surface area contributed by atoms with Crippen LogP contribution < -0.4 is 5.73 Å². The van der Waals surface area contributed by atoms with Crippen molar-refractivity contribution < 1.29 is 8.91 Å². The van der Waals surface area contributed by atoms with Crippen LogP contribution in [0, 0.1) is 5.82 Å². The number of halogens is 1. The Kier molecular flexibility index (Phi) is 2.22. The van der Waals surface area contributed by atoms with Crippen molar-refractivity contribution >= 4 is 0 Å². The van der Waals surface area contributed by atoms with E-state index < -0.39 is 0 Å². The second kappa shape index (κ2) is 3.63. The average molecular weight is 233 g/mol. The zero-order valence-electron chi connectivity index (χ0n) is 9.19. The van der Waals surface area contributed by atoms with Crippen molar-refractivity contribution in [2.24, 2.45) is 5.73 Å². The van der Waals surface area contributed by atoms with Crippen LogP contribution in [0.15, 0.2) is 28.8 Å². The number of benzene rings is 1. The minimum Gasteiger partial charge on any atom is -0.338 e. The van der Waals surface area contributed by atoms with Gasteiger partial charge in [-0.1, -0.05) is 17.3 Å². The quantitative estimate of drug-likeness (QED) is 0.878. The van der Waals surface area contributed by atoms with Gasteiger partial charge in [-0.2, -0.15) is 4.98 Å². The van der Waals surface area contributed by atoms with Gasteiger partial charge in [0.15, 0.2) is 0 Å². The van der Waals surface area contributed by atoms with Crippen LogP contribution >= 0.6 is 0 Å². The van der Waals surface area contributed by atoms with Gasteiger partial charge >= 0.3 is 0 Å². The third-order valence-corrected chi connectivity index (χ3v) is 3.21. The molecule has 1 heterocycles. The summed E-state index contributed by atoms with van der Waals surface area (Å²) in [5, 5.41) is 3.87. The van der Waals surface area contributed by atoms with Gasteiger partial charge in [-0.05, 0) is 25.0 Å². The fraction of sp³-hybridized carbons (Fsp3) is 0.333. The Bertz CT molecular complexity index is 548. The summed E-state index contributed by atoms with van der Waals surface area (Å²) in [6, 6.07) is 6.14. The van der Waals surface area contributed by atoms with Crippen LogP contribution in [0.5, 0.6) is 0 Å². The molecule has 2 N–H and O–H groups in total. The molecule has 88 valence electrons. The lowest BCUT2D eigenvalue weighted by molar-refractivity contribution is 0.347. The maximum absolute atomic E-state index is 13.1. The molecule has 2 aromatic rings. The smallest absolute Gasteiger partial charge is 0.234 e. The zero-order valence-corrected chi connectivity index (χ0v) is 9.19. The van der Waals surface area contributed by atoms with E-state index in [4.69, 9.17) is 10.3 Å². The molecule has 0 aliphatic heterocycles. The van der Waals surface area contributed by atoms with Crippen LogP contribution in [0.2, 0.25) is 0 Å². The average Bonchev–Trinajstić information content (AvgIpc) is 2.99. The highest BCUT2D eigenvalue weighted by atomic mass is 19.1. The minimum atomic E-state index is -0.311. The Hall–Kier alpha value is -1.75. The van der Waals surface area contributed by atoms with Gasteiger partial charge < -0.3 is 10.3 Å². The predicted octanol–water partition coefficient (Wildman–Crippen LogP) is 1.87. The number of nitrogens with zero attached hydrogens (tertiary/aromatic N) is 2. The summed E-state index contributed by atoms with van der Waals surface area (Å²) >= 11 is 0. The van der Waals surface area contributed by atoms with E-state index in [9.17, 15) is 4.39 Å². The van der Waals surface area contributed by atoms with Crippen LogP contribution in [-0.2, 0) is 5.41 Å². The maximum Gasteiger partial charge on any atom is 0.234 e. The van der Waals surface area contributed by atoms with Gasteiger partial charge in [0.2, 0.25) is 11.7 Å². The van der Waals surface area contributed by atoms with Crippen molar-refractivity contribution in [1.82, 2.24) is 10.1 Å². The third-order valence-electron chi connectivity index (χ3n) is 3.21.